The second-order valence-corrected chi connectivity index (χ2v) is 3.08. The third-order valence-electron chi connectivity index (χ3n) is 1.05. The van der Waals surface area contributed by atoms with E-state index in [0.717, 1.165) is 5.75 Å². The lowest BCUT2D eigenvalue weighted by molar-refractivity contribution is 1.43. The number of rotatable bonds is 2. The van der Waals surface area contributed by atoms with Crippen LogP contribution >= 0.6 is 11.8 Å². The second-order valence-electron chi connectivity index (χ2n) is 1.75. The van der Waals surface area contributed by atoms with Crippen LogP contribution in [-0.2, 0) is 0 Å². The van der Waals surface area contributed by atoms with Gasteiger partial charge in [-0.2, -0.15) is 0 Å². The molecule has 1 rings (SSSR count). The van der Waals surface area contributed by atoms with Gasteiger partial charge in [-0.3, -0.25) is 0 Å². The van der Waals surface area contributed by atoms with Gasteiger partial charge < -0.3 is 0 Å². The maximum Gasteiger partial charge on any atom is 0.00718 e. The molecule has 0 radical (unpaired) electrons. The molecule has 0 amide bonds. The fraction of sp³-hybridized carbons (Fsp3) is 0.200. The van der Waals surface area contributed by atoms with Gasteiger partial charge in [0, 0.05) is 4.90 Å². The largest absolute Gasteiger partial charge is 0.126 e. The van der Waals surface area contributed by atoms with Gasteiger partial charge in [0.15, 0.2) is 0 Å². The van der Waals surface area contributed by atoms with Crippen molar-refractivity contribution in [3.05, 3.63) is 43.5 Å². The molecule has 0 aromatic heterocycles. The van der Waals surface area contributed by atoms with Crippen molar-refractivity contribution in [1.82, 2.24) is 0 Å². The highest BCUT2D eigenvalue weighted by Gasteiger charge is 1.84. The molecule has 0 unspecified atom stereocenters. The maximum atomic E-state index is 3.00. The predicted molar refractivity (Wildman–Crippen MR) is 54.1 cm³/mol. The minimum atomic E-state index is 1.16. The minimum Gasteiger partial charge on any atom is -0.126 e. The molecule has 11 heavy (non-hydrogen) atoms. The van der Waals surface area contributed by atoms with E-state index in [1.807, 2.05) is 17.8 Å². The van der Waals surface area contributed by atoms with E-state index in [2.05, 4.69) is 44.3 Å². The van der Waals surface area contributed by atoms with Crippen LogP contribution in [0.3, 0.4) is 0 Å². The zero-order valence-electron chi connectivity index (χ0n) is 6.92. The van der Waals surface area contributed by atoms with E-state index in [0.29, 0.717) is 0 Å². The Bertz CT molecular complexity index is 169. The number of benzene rings is 1. The topological polar surface area (TPSA) is 0 Å². The zero-order chi connectivity index (χ0) is 8.53. The molecular weight excluding hydrogens is 152 g/mol. The van der Waals surface area contributed by atoms with Crippen molar-refractivity contribution < 1.29 is 0 Å². The van der Waals surface area contributed by atoms with Crippen LogP contribution in [0.4, 0.5) is 0 Å². The van der Waals surface area contributed by atoms with Gasteiger partial charge in [0.05, 0.1) is 0 Å². The Morgan fingerprint density at radius 3 is 2.18 bits per heavy atom. The van der Waals surface area contributed by atoms with Crippen LogP contribution in [0, 0.1) is 0 Å². The first-order chi connectivity index (χ1) is 5.43. The third-order valence-corrected chi connectivity index (χ3v) is 1.95. The highest BCUT2D eigenvalue weighted by atomic mass is 32.2. The van der Waals surface area contributed by atoms with Crippen LogP contribution in [0.5, 0.6) is 0 Å². The van der Waals surface area contributed by atoms with Crippen molar-refractivity contribution in [3.63, 3.8) is 0 Å². The van der Waals surface area contributed by atoms with E-state index in [1.54, 1.807) is 0 Å². The number of hydrogen-bond acceptors (Lipinski definition) is 1. The van der Waals surface area contributed by atoms with Crippen molar-refractivity contribution in [2.45, 2.75) is 11.8 Å². The van der Waals surface area contributed by atoms with E-state index in [4.69, 9.17) is 0 Å². The summed E-state index contributed by atoms with van der Waals surface area (Å²) in [6.07, 6.45) is 0. The maximum absolute atomic E-state index is 3.00. The van der Waals surface area contributed by atoms with Gasteiger partial charge in [0.1, 0.15) is 0 Å². The number of thioether (sulfide) groups is 1. The van der Waals surface area contributed by atoms with Crippen molar-refractivity contribution >= 4 is 11.8 Å². The lowest BCUT2D eigenvalue weighted by atomic mass is 10.4. The highest BCUT2D eigenvalue weighted by molar-refractivity contribution is 7.99. The summed E-state index contributed by atoms with van der Waals surface area (Å²) in [6, 6.07) is 10.4. The van der Waals surface area contributed by atoms with E-state index in [9.17, 15) is 0 Å². The molecule has 0 aliphatic rings. The fourth-order valence-corrected chi connectivity index (χ4v) is 1.37. The lowest BCUT2D eigenvalue weighted by Gasteiger charge is -1.93. The average molecular weight is 166 g/mol. The average Bonchev–Trinajstić information content (AvgIpc) is 2.11. The van der Waals surface area contributed by atoms with E-state index >= 15 is 0 Å². The third kappa shape index (κ3) is 4.68. The highest BCUT2D eigenvalue weighted by Crippen LogP contribution is 2.15. The molecule has 0 aliphatic carbocycles. The molecule has 0 bridgehead atoms. The van der Waals surface area contributed by atoms with Crippen molar-refractivity contribution in [2.75, 3.05) is 5.75 Å². The van der Waals surface area contributed by atoms with Gasteiger partial charge in [-0.25, -0.2) is 0 Å². The lowest BCUT2D eigenvalue weighted by Crippen LogP contribution is -1.68. The van der Waals surface area contributed by atoms with Crippen molar-refractivity contribution in [1.29, 1.82) is 0 Å². The SMILES string of the molecule is C=C.CCSc1ccccc1. The molecule has 1 aromatic carbocycles. The summed E-state index contributed by atoms with van der Waals surface area (Å²) < 4.78 is 0. The van der Waals surface area contributed by atoms with E-state index in [-0.39, 0.29) is 0 Å². The van der Waals surface area contributed by atoms with Gasteiger partial charge in [-0.15, -0.1) is 24.9 Å². The Kier molecular flexibility index (Phi) is 6.95. The molecule has 0 aliphatic heterocycles. The quantitative estimate of drug-likeness (QED) is 0.478. The van der Waals surface area contributed by atoms with Crippen LogP contribution < -0.4 is 0 Å². The summed E-state index contributed by atoms with van der Waals surface area (Å²) in [5.74, 6) is 1.16. The Labute approximate surface area is 73.3 Å². The summed E-state index contributed by atoms with van der Waals surface area (Å²) in [4.78, 5) is 1.36. The first-order valence-electron chi connectivity index (χ1n) is 3.61. The molecule has 0 spiro atoms. The van der Waals surface area contributed by atoms with Crippen molar-refractivity contribution in [3.8, 4) is 0 Å². The Morgan fingerprint density at radius 1 is 1.18 bits per heavy atom. The fourth-order valence-electron chi connectivity index (χ4n) is 0.683. The van der Waals surface area contributed by atoms with Crippen LogP contribution in [0.1, 0.15) is 6.92 Å². The molecule has 1 aromatic rings. The Hall–Kier alpha value is -0.690. The Balaban J connectivity index is 0.000000461. The van der Waals surface area contributed by atoms with Gasteiger partial charge in [-0.1, -0.05) is 25.1 Å². The normalized spacial score (nSPS) is 8.09. The summed E-state index contributed by atoms with van der Waals surface area (Å²) in [7, 11) is 0. The summed E-state index contributed by atoms with van der Waals surface area (Å²) in [5.41, 5.74) is 0. The van der Waals surface area contributed by atoms with Crippen LogP contribution in [0.2, 0.25) is 0 Å². The van der Waals surface area contributed by atoms with Gasteiger partial charge in [0.25, 0.3) is 0 Å². The second kappa shape index (κ2) is 7.42. The molecule has 0 saturated carbocycles. The van der Waals surface area contributed by atoms with Crippen LogP contribution in [0.25, 0.3) is 0 Å². The smallest absolute Gasteiger partial charge is 0.00718 e. The molecule has 0 heterocycles. The van der Waals surface area contributed by atoms with Gasteiger partial charge in [-0.05, 0) is 17.9 Å². The molecule has 0 N–H and O–H groups in total. The summed E-state index contributed by atoms with van der Waals surface area (Å²) in [5, 5.41) is 0. The molecule has 60 valence electrons. The van der Waals surface area contributed by atoms with Gasteiger partial charge >= 0.3 is 0 Å². The van der Waals surface area contributed by atoms with Crippen LogP contribution in [0.15, 0.2) is 48.4 Å². The summed E-state index contributed by atoms with van der Waals surface area (Å²) in [6.45, 7) is 8.16. The standard InChI is InChI=1S/C8H10S.C2H4/c1-2-9-8-6-4-3-5-7-8;1-2/h3-7H,2H2,1H3;1-2H2. The first-order valence-corrected chi connectivity index (χ1v) is 4.60. The molecule has 0 saturated heterocycles. The Morgan fingerprint density at radius 2 is 1.73 bits per heavy atom. The van der Waals surface area contributed by atoms with Gasteiger partial charge in [0.2, 0.25) is 0 Å². The molecule has 0 nitrogen and oxygen atoms in total. The minimum absolute atomic E-state index is 1.16. The van der Waals surface area contributed by atoms with Crippen molar-refractivity contribution in [2.24, 2.45) is 0 Å². The zero-order valence-corrected chi connectivity index (χ0v) is 7.73. The monoisotopic (exact) mass is 166 g/mol. The predicted octanol–water partition coefficient (Wildman–Crippen LogP) is 3.60. The molecular formula is C10H14S. The van der Waals surface area contributed by atoms with Crippen LogP contribution in [-0.4, -0.2) is 5.75 Å². The summed E-state index contributed by atoms with van der Waals surface area (Å²) >= 11 is 1.88. The number of hydrogen-bond donors (Lipinski definition) is 0. The van der Waals surface area contributed by atoms with E-state index < -0.39 is 0 Å². The molecule has 1 heteroatoms. The first kappa shape index (κ1) is 10.3. The molecule has 0 atom stereocenters. The molecule has 0 fully saturated rings. The van der Waals surface area contributed by atoms with E-state index in [1.165, 1.54) is 4.90 Å².